The highest BCUT2D eigenvalue weighted by Gasteiger charge is 2.61. The van der Waals surface area contributed by atoms with Crippen LogP contribution in [0.15, 0.2) is 0 Å². The van der Waals surface area contributed by atoms with Crippen LogP contribution in [0, 0.1) is 40.4 Å². The molecule has 8 atom stereocenters. The van der Waals surface area contributed by atoms with E-state index in [4.69, 9.17) is 8.85 Å². The number of fused-ring (bicyclic) bond motifs is 5. The first-order valence-electron chi connectivity index (χ1n) is 13.6. The highest BCUT2D eigenvalue weighted by molar-refractivity contribution is 6.70. The standard InChI is InChI=1S/C27H50O3Si2/c1-26-15-13-20(30-32(6,7)8)17-19(26)9-10-21-22-11-12-24(25(28)18-29-31(3,4)5)27(22,2)16-14-23(21)26/h19-24H,9-18H2,1-8H3/t19-,20-,21?,22?,23?,24+,26-,27-/m0/s1. The fourth-order valence-electron chi connectivity index (χ4n) is 8.74. The van der Waals surface area contributed by atoms with Crippen molar-refractivity contribution in [2.24, 2.45) is 40.4 Å². The summed E-state index contributed by atoms with van der Waals surface area (Å²) in [5.41, 5.74) is 0.703. The molecule has 4 fully saturated rings. The Labute approximate surface area is 200 Å². The van der Waals surface area contributed by atoms with E-state index in [0.29, 0.717) is 23.9 Å². The Kier molecular flexibility index (Phi) is 6.75. The molecule has 3 unspecified atom stereocenters. The molecule has 0 saturated heterocycles. The van der Waals surface area contributed by atoms with Crippen molar-refractivity contribution in [3.63, 3.8) is 0 Å². The van der Waals surface area contributed by atoms with Crippen molar-refractivity contribution >= 4 is 22.4 Å². The molecule has 184 valence electrons. The number of hydrogen-bond acceptors (Lipinski definition) is 3. The summed E-state index contributed by atoms with van der Waals surface area (Å²) in [6.45, 7) is 19.1. The molecule has 4 rings (SSSR count). The normalized spacial score (nSPS) is 44.5. The molecule has 0 radical (unpaired) electrons. The lowest BCUT2D eigenvalue weighted by Gasteiger charge is -2.61. The Morgan fingerprint density at radius 2 is 1.47 bits per heavy atom. The van der Waals surface area contributed by atoms with Gasteiger partial charge in [0.25, 0.3) is 0 Å². The minimum Gasteiger partial charge on any atom is -0.415 e. The molecule has 32 heavy (non-hydrogen) atoms. The molecule has 5 heteroatoms. The molecule has 0 spiro atoms. The number of rotatable bonds is 6. The first-order valence-corrected chi connectivity index (χ1v) is 20.4. The molecule has 0 heterocycles. The van der Waals surface area contributed by atoms with Gasteiger partial charge >= 0.3 is 0 Å². The highest BCUT2D eigenvalue weighted by atomic mass is 28.4. The quantitative estimate of drug-likeness (QED) is 0.376. The highest BCUT2D eigenvalue weighted by Crippen LogP contribution is 2.67. The Balaban J connectivity index is 1.45. The minimum atomic E-state index is -1.65. The second-order valence-electron chi connectivity index (χ2n) is 14.3. The molecule has 4 aliphatic rings. The molecule has 0 N–H and O–H groups in total. The van der Waals surface area contributed by atoms with Gasteiger partial charge in [0.05, 0.1) is 6.61 Å². The lowest BCUT2D eigenvalue weighted by molar-refractivity contribution is -0.140. The lowest BCUT2D eigenvalue weighted by atomic mass is 9.44. The van der Waals surface area contributed by atoms with Gasteiger partial charge in [-0.1, -0.05) is 13.8 Å². The molecular weight excluding hydrogens is 428 g/mol. The van der Waals surface area contributed by atoms with Crippen LogP contribution in [0.3, 0.4) is 0 Å². The first-order chi connectivity index (χ1) is 14.7. The number of carbonyl (C=O) groups excluding carboxylic acids is 1. The van der Waals surface area contributed by atoms with Crippen LogP contribution in [0.1, 0.15) is 71.6 Å². The van der Waals surface area contributed by atoms with E-state index in [9.17, 15) is 4.79 Å². The third-order valence-electron chi connectivity index (χ3n) is 10.2. The van der Waals surface area contributed by atoms with Gasteiger partial charge in [-0.25, -0.2) is 0 Å². The van der Waals surface area contributed by atoms with Gasteiger partial charge in [-0.3, -0.25) is 4.79 Å². The smallest absolute Gasteiger partial charge is 0.184 e. The molecule has 0 bridgehead atoms. The minimum absolute atomic E-state index is 0.211. The zero-order valence-corrected chi connectivity index (χ0v) is 24.3. The van der Waals surface area contributed by atoms with Crippen LogP contribution in [0.5, 0.6) is 0 Å². The van der Waals surface area contributed by atoms with Gasteiger partial charge in [0, 0.05) is 12.0 Å². The van der Waals surface area contributed by atoms with E-state index in [-0.39, 0.29) is 11.3 Å². The maximum absolute atomic E-state index is 13.2. The van der Waals surface area contributed by atoms with E-state index < -0.39 is 16.6 Å². The van der Waals surface area contributed by atoms with Gasteiger partial charge < -0.3 is 8.85 Å². The monoisotopic (exact) mass is 478 g/mol. The molecule has 0 aromatic heterocycles. The van der Waals surface area contributed by atoms with Crippen molar-refractivity contribution in [2.75, 3.05) is 6.61 Å². The van der Waals surface area contributed by atoms with Crippen molar-refractivity contribution in [3.8, 4) is 0 Å². The van der Waals surface area contributed by atoms with Crippen molar-refractivity contribution in [1.82, 2.24) is 0 Å². The molecule has 0 aromatic rings. The zero-order chi connectivity index (χ0) is 23.5. The Bertz CT molecular complexity index is 711. The van der Waals surface area contributed by atoms with E-state index >= 15 is 0 Å². The summed E-state index contributed by atoms with van der Waals surface area (Å²) in [5.74, 6) is 3.92. The van der Waals surface area contributed by atoms with Gasteiger partial charge in [-0.15, -0.1) is 0 Å². The maximum Gasteiger partial charge on any atom is 0.184 e. The van der Waals surface area contributed by atoms with Crippen LogP contribution in [0.25, 0.3) is 0 Å². The Hall–Kier alpha value is 0.0238. The second kappa shape index (κ2) is 8.60. The maximum atomic E-state index is 13.2. The molecule has 3 nitrogen and oxygen atoms in total. The summed E-state index contributed by atoms with van der Waals surface area (Å²) in [6, 6.07) is 0. The predicted octanol–water partition coefficient (Wildman–Crippen LogP) is 7.29. The van der Waals surface area contributed by atoms with Gasteiger partial charge in [-0.2, -0.15) is 0 Å². The van der Waals surface area contributed by atoms with Crippen molar-refractivity contribution in [2.45, 2.75) is 117 Å². The van der Waals surface area contributed by atoms with Crippen molar-refractivity contribution in [1.29, 1.82) is 0 Å². The summed E-state index contributed by atoms with van der Waals surface area (Å²) in [4.78, 5) is 13.2. The molecule has 4 saturated carbocycles. The van der Waals surface area contributed by atoms with Gasteiger partial charge in [-0.05, 0) is 132 Å². The summed E-state index contributed by atoms with van der Waals surface area (Å²) in [5, 5.41) is 0. The van der Waals surface area contributed by atoms with Crippen LogP contribution in [0.4, 0.5) is 0 Å². The SMILES string of the molecule is C[C@]12CCC3C(CC[C@H]4C[C@@H](O[Si](C)(C)C)CC[C@]34C)C1CC[C@@H]2C(=O)CO[Si](C)(C)C. The van der Waals surface area contributed by atoms with Crippen molar-refractivity contribution in [3.05, 3.63) is 0 Å². The van der Waals surface area contributed by atoms with Crippen molar-refractivity contribution < 1.29 is 13.6 Å². The topological polar surface area (TPSA) is 35.5 Å². The Morgan fingerprint density at radius 3 is 2.12 bits per heavy atom. The van der Waals surface area contributed by atoms with Gasteiger partial charge in [0.1, 0.15) is 0 Å². The summed E-state index contributed by atoms with van der Waals surface area (Å²) >= 11 is 0. The average Bonchev–Trinajstić information content (AvgIpc) is 3.02. The molecule has 0 amide bonds. The predicted molar refractivity (Wildman–Crippen MR) is 138 cm³/mol. The van der Waals surface area contributed by atoms with Crippen LogP contribution >= 0.6 is 0 Å². The van der Waals surface area contributed by atoms with Crippen LogP contribution in [0.2, 0.25) is 39.3 Å². The van der Waals surface area contributed by atoms with E-state index in [2.05, 4.69) is 53.1 Å². The van der Waals surface area contributed by atoms with Crippen LogP contribution < -0.4 is 0 Å². The fraction of sp³-hybridized carbons (Fsp3) is 0.963. The number of Topliss-reactive ketones (excluding diaryl/α,β-unsaturated/α-hetero) is 1. The number of hydrogen-bond donors (Lipinski definition) is 0. The zero-order valence-electron chi connectivity index (χ0n) is 22.3. The largest absolute Gasteiger partial charge is 0.415 e. The molecule has 0 aromatic carbocycles. The lowest BCUT2D eigenvalue weighted by Crippen LogP contribution is -2.55. The van der Waals surface area contributed by atoms with Gasteiger partial charge in [0.2, 0.25) is 0 Å². The average molecular weight is 479 g/mol. The number of carbonyl (C=O) groups is 1. The third-order valence-corrected chi connectivity index (χ3v) is 12.2. The molecular formula is C27H50O3Si2. The molecule has 0 aliphatic heterocycles. The molecule has 4 aliphatic carbocycles. The summed E-state index contributed by atoms with van der Waals surface area (Å²) in [6.07, 6.45) is 12.1. The number of ketones is 1. The Morgan fingerprint density at radius 1 is 0.812 bits per heavy atom. The third kappa shape index (κ3) is 4.74. The van der Waals surface area contributed by atoms with Gasteiger partial charge in [0.15, 0.2) is 22.4 Å². The van der Waals surface area contributed by atoms with Crippen LogP contribution in [-0.4, -0.2) is 35.1 Å². The van der Waals surface area contributed by atoms with Crippen LogP contribution in [-0.2, 0) is 13.6 Å². The van der Waals surface area contributed by atoms with E-state index in [1.807, 2.05) is 0 Å². The summed E-state index contributed by atoms with van der Waals surface area (Å²) in [7, 11) is -3.11. The summed E-state index contributed by atoms with van der Waals surface area (Å²) < 4.78 is 12.6. The van der Waals surface area contributed by atoms with E-state index in [1.165, 1.54) is 51.4 Å². The fourth-order valence-corrected chi connectivity index (χ4v) is 10.5. The van der Waals surface area contributed by atoms with E-state index in [1.54, 1.807) is 0 Å². The van der Waals surface area contributed by atoms with E-state index in [0.717, 1.165) is 30.1 Å². The second-order valence-corrected chi connectivity index (χ2v) is 23.3. The first kappa shape index (κ1) is 25.1.